The van der Waals surface area contributed by atoms with Crippen molar-refractivity contribution >= 4 is 29.4 Å². The molecule has 2 rings (SSSR count). The lowest BCUT2D eigenvalue weighted by molar-refractivity contribution is -0.871. The number of carbonyl (C=O) groups is 4. The number of anilines is 1. The van der Waals surface area contributed by atoms with Gasteiger partial charge in [-0.2, -0.15) is 0 Å². The van der Waals surface area contributed by atoms with Gasteiger partial charge in [-0.25, -0.2) is 4.79 Å². The van der Waals surface area contributed by atoms with Crippen LogP contribution in [0.3, 0.4) is 0 Å². The van der Waals surface area contributed by atoms with Crippen LogP contribution in [0.5, 0.6) is 0 Å². The van der Waals surface area contributed by atoms with E-state index in [-0.39, 0.29) is 12.2 Å². The molecule has 0 aliphatic rings. The molecule has 0 saturated heterocycles. The zero-order valence-electron chi connectivity index (χ0n) is 18.6. The molecule has 2 aromatic rings. The summed E-state index contributed by atoms with van der Waals surface area (Å²) in [6, 6.07) is 14.5. The molecule has 0 aromatic heterocycles. The molecule has 1 unspecified atom stereocenters. The Morgan fingerprint density at radius 2 is 1.44 bits per heavy atom. The molecule has 0 aliphatic carbocycles. The Hall–Kier alpha value is -3.72. The van der Waals surface area contributed by atoms with Crippen LogP contribution in [0.15, 0.2) is 54.6 Å². The highest BCUT2D eigenvalue weighted by molar-refractivity contribution is 6.09. The molecule has 0 saturated carbocycles. The number of rotatable bonds is 8. The summed E-state index contributed by atoms with van der Waals surface area (Å²) in [5.74, 6) is -2.15. The van der Waals surface area contributed by atoms with E-state index in [1.165, 1.54) is 0 Å². The minimum atomic E-state index is -1.08. The number of amides is 2. The van der Waals surface area contributed by atoms with Gasteiger partial charge in [0.2, 0.25) is 0 Å². The van der Waals surface area contributed by atoms with E-state index in [2.05, 4.69) is 10.6 Å². The van der Waals surface area contributed by atoms with Gasteiger partial charge < -0.3 is 30.1 Å². The number of hydrogen-bond acceptors (Lipinski definition) is 5. The van der Waals surface area contributed by atoms with Crippen molar-refractivity contribution in [3.05, 3.63) is 65.7 Å². The van der Waals surface area contributed by atoms with Gasteiger partial charge in [0.1, 0.15) is 0 Å². The van der Waals surface area contributed by atoms with E-state index < -0.39 is 24.0 Å². The van der Waals surface area contributed by atoms with E-state index in [1.807, 2.05) is 27.2 Å². The van der Waals surface area contributed by atoms with Crippen LogP contribution in [-0.4, -0.2) is 67.1 Å². The smallest absolute Gasteiger partial charge is 0.319 e. The number of carboxylic acids is 2. The molecule has 0 spiro atoms. The molecule has 172 valence electrons. The Bertz CT molecular complexity index is 917. The average Bonchev–Trinajstić information content (AvgIpc) is 2.66. The van der Waals surface area contributed by atoms with Crippen LogP contribution in [0.1, 0.15) is 29.3 Å². The van der Waals surface area contributed by atoms with E-state index in [4.69, 9.17) is 15.0 Å². The van der Waals surface area contributed by atoms with E-state index >= 15 is 0 Å². The second kappa shape index (κ2) is 12.2. The first kappa shape index (κ1) is 26.3. The van der Waals surface area contributed by atoms with Crippen molar-refractivity contribution in [1.29, 1.82) is 0 Å². The van der Waals surface area contributed by atoms with Gasteiger partial charge in [0.05, 0.1) is 40.2 Å². The van der Waals surface area contributed by atoms with Crippen molar-refractivity contribution in [2.75, 3.05) is 33.0 Å². The highest BCUT2D eigenvalue weighted by Gasteiger charge is 2.23. The third kappa shape index (κ3) is 10.9. The largest absolute Gasteiger partial charge is 0.550 e. The number of urea groups is 1. The second-order valence-corrected chi connectivity index (χ2v) is 8.13. The predicted octanol–water partition coefficient (Wildman–Crippen LogP) is 1.34. The van der Waals surface area contributed by atoms with Gasteiger partial charge in [-0.3, -0.25) is 9.59 Å². The molecular formula is C23H29N3O6. The van der Waals surface area contributed by atoms with Crippen LogP contribution in [-0.2, 0) is 9.59 Å². The number of benzene rings is 2. The number of quaternary nitrogens is 1. The van der Waals surface area contributed by atoms with Gasteiger partial charge in [0.25, 0.3) is 0 Å². The highest BCUT2D eigenvalue weighted by Crippen LogP contribution is 2.14. The number of ketones is 1. The first-order chi connectivity index (χ1) is 14.9. The molecule has 1 atom stereocenters. The summed E-state index contributed by atoms with van der Waals surface area (Å²) in [7, 11) is 5.78. The number of carboxylic acid groups (broad SMARTS) is 2. The summed E-state index contributed by atoms with van der Waals surface area (Å²) in [6.07, 6.45) is -0.159. The Morgan fingerprint density at radius 3 is 1.91 bits per heavy atom. The van der Waals surface area contributed by atoms with Crippen LogP contribution in [0.25, 0.3) is 0 Å². The number of nitrogens with one attached hydrogen (secondary N) is 2. The number of nitrogens with zero attached hydrogens (tertiary/aromatic N) is 1. The lowest BCUT2D eigenvalue weighted by atomic mass is 10.0. The fourth-order valence-corrected chi connectivity index (χ4v) is 2.85. The van der Waals surface area contributed by atoms with Gasteiger partial charge in [-0.15, -0.1) is 0 Å². The van der Waals surface area contributed by atoms with Crippen molar-refractivity contribution in [3.8, 4) is 0 Å². The van der Waals surface area contributed by atoms with Gasteiger partial charge in [-0.05, 0) is 31.2 Å². The Morgan fingerprint density at radius 1 is 0.938 bits per heavy atom. The van der Waals surface area contributed by atoms with Gasteiger partial charge in [0.15, 0.2) is 5.78 Å². The van der Waals surface area contributed by atoms with E-state index in [0.717, 1.165) is 6.92 Å². The molecule has 2 aromatic carbocycles. The maximum Gasteiger partial charge on any atom is 0.319 e. The molecule has 9 nitrogen and oxygen atoms in total. The molecule has 0 heterocycles. The zero-order valence-corrected chi connectivity index (χ0v) is 18.6. The second-order valence-electron chi connectivity index (χ2n) is 8.13. The van der Waals surface area contributed by atoms with Crippen molar-refractivity contribution < 1.29 is 33.9 Å². The zero-order chi connectivity index (χ0) is 24.3. The van der Waals surface area contributed by atoms with Gasteiger partial charge >= 0.3 is 12.0 Å². The molecule has 0 aliphatic heterocycles. The molecule has 0 fully saturated rings. The van der Waals surface area contributed by atoms with Crippen LogP contribution in [0.4, 0.5) is 10.5 Å². The molecule has 3 N–H and O–H groups in total. The Labute approximate surface area is 187 Å². The van der Waals surface area contributed by atoms with Gasteiger partial charge in [0, 0.05) is 22.8 Å². The summed E-state index contributed by atoms with van der Waals surface area (Å²) < 4.78 is 0.522. The van der Waals surface area contributed by atoms with Crippen molar-refractivity contribution in [2.45, 2.75) is 19.4 Å². The first-order valence-corrected chi connectivity index (χ1v) is 9.84. The number of aliphatic carboxylic acids is 2. The molecule has 9 heteroatoms. The molecule has 32 heavy (non-hydrogen) atoms. The maximum atomic E-state index is 12.4. The third-order valence-corrected chi connectivity index (χ3v) is 3.97. The maximum absolute atomic E-state index is 12.4. The molecule has 2 amide bonds. The minimum absolute atomic E-state index is 0.0962. The van der Waals surface area contributed by atoms with Crippen LogP contribution in [0, 0.1) is 0 Å². The average molecular weight is 444 g/mol. The fourth-order valence-electron chi connectivity index (χ4n) is 2.85. The topological polar surface area (TPSA) is 136 Å². The number of hydrogen-bond donors (Lipinski definition) is 3. The summed E-state index contributed by atoms with van der Waals surface area (Å²) in [5.41, 5.74) is 1.63. The lowest BCUT2D eigenvalue weighted by Crippen LogP contribution is -2.50. The predicted molar refractivity (Wildman–Crippen MR) is 118 cm³/mol. The van der Waals surface area contributed by atoms with Crippen molar-refractivity contribution in [2.24, 2.45) is 0 Å². The number of carbonyl (C=O) groups excluding carboxylic acids is 3. The highest BCUT2D eigenvalue weighted by atomic mass is 16.4. The summed E-state index contributed by atoms with van der Waals surface area (Å²) >= 11 is 0. The normalized spacial score (nSPS) is 11.4. The van der Waals surface area contributed by atoms with Crippen molar-refractivity contribution in [1.82, 2.24) is 5.32 Å². The minimum Gasteiger partial charge on any atom is -0.550 e. The summed E-state index contributed by atoms with van der Waals surface area (Å²) in [6.45, 7) is 1.45. The summed E-state index contributed by atoms with van der Waals surface area (Å²) in [4.78, 5) is 44.6. The van der Waals surface area contributed by atoms with Gasteiger partial charge in [-0.1, -0.05) is 30.3 Å². The number of likely N-dealkylation sites (N-methyl/N-ethyl adjacent to an activating group) is 1. The molecule has 0 radical (unpaired) electrons. The third-order valence-electron chi connectivity index (χ3n) is 3.97. The van der Waals surface area contributed by atoms with E-state index in [1.54, 1.807) is 48.5 Å². The Kier molecular flexibility index (Phi) is 10.0. The molecular weight excluding hydrogens is 414 g/mol. The van der Waals surface area contributed by atoms with Crippen LogP contribution >= 0.6 is 0 Å². The van der Waals surface area contributed by atoms with Crippen molar-refractivity contribution in [3.63, 3.8) is 0 Å². The van der Waals surface area contributed by atoms with E-state index in [9.17, 15) is 14.4 Å². The lowest BCUT2D eigenvalue weighted by Gasteiger charge is -2.29. The first-order valence-electron chi connectivity index (χ1n) is 9.84. The van der Waals surface area contributed by atoms with Crippen LogP contribution < -0.4 is 15.7 Å². The monoisotopic (exact) mass is 443 g/mol. The quantitative estimate of drug-likeness (QED) is 0.416. The molecule has 0 bridgehead atoms. The fraction of sp³-hybridized carbons (Fsp3) is 0.304. The standard InChI is InChI=1S/C21H25N3O4.C2H4O2/c1-24(2,3)14-18(13-19(25)26)23-21(28)22-17-11-9-16(10-12-17)20(27)15-7-5-4-6-8-15;1-2(3)4/h4-12,18H,13-14H2,1-3H3,(H2-,22,23,25,26,27,28);1H3,(H,3,4). The van der Waals surface area contributed by atoms with E-state index in [0.29, 0.717) is 27.8 Å². The van der Waals surface area contributed by atoms with Crippen LogP contribution in [0.2, 0.25) is 0 Å². The SMILES string of the molecule is CC(=O)[O-].C[N+](C)(C)CC(CC(=O)O)NC(=O)Nc1ccc(C(=O)c2ccccc2)cc1. The Balaban J connectivity index is 0.00000118. The summed E-state index contributed by atoms with van der Waals surface area (Å²) in [5, 5.41) is 23.3.